The highest BCUT2D eigenvalue weighted by molar-refractivity contribution is 7.09. The molecule has 3 nitrogen and oxygen atoms in total. The van der Waals surface area contributed by atoms with Crippen molar-refractivity contribution in [1.82, 2.24) is 10.3 Å². The van der Waals surface area contributed by atoms with E-state index in [1.807, 2.05) is 0 Å². The van der Waals surface area contributed by atoms with Crippen LogP contribution in [0.4, 0.5) is 0 Å². The quantitative estimate of drug-likeness (QED) is 0.812. The summed E-state index contributed by atoms with van der Waals surface area (Å²) >= 11 is 1.66. The Morgan fingerprint density at radius 2 is 2.27 bits per heavy atom. The van der Waals surface area contributed by atoms with Crippen molar-refractivity contribution in [3.8, 4) is 0 Å². The molecule has 0 aromatic carbocycles. The van der Waals surface area contributed by atoms with E-state index in [1.54, 1.807) is 18.4 Å². The molecule has 0 aliphatic heterocycles. The van der Waals surface area contributed by atoms with Crippen LogP contribution in [0.2, 0.25) is 0 Å². The van der Waals surface area contributed by atoms with E-state index >= 15 is 0 Å². The van der Waals surface area contributed by atoms with Crippen LogP contribution in [0.25, 0.3) is 0 Å². The van der Waals surface area contributed by atoms with Crippen molar-refractivity contribution in [2.45, 2.75) is 45.9 Å². The number of aromatic nitrogens is 1. The van der Waals surface area contributed by atoms with E-state index in [0.29, 0.717) is 6.61 Å². The van der Waals surface area contributed by atoms with Gasteiger partial charge >= 0.3 is 0 Å². The first-order chi connectivity index (χ1) is 7.07. The fourth-order valence-corrected chi connectivity index (χ4v) is 1.84. The molecule has 0 bridgehead atoms. The summed E-state index contributed by atoms with van der Waals surface area (Å²) in [4.78, 5) is 4.47. The van der Waals surface area contributed by atoms with Gasteiger partial charge in [-0.1, -0.05) is 6.92 Å². The molecule has 1 rings (SSSR count). The number of rotatable bonds is 6. The van der Waals surface area contributed by atoms with Crippen molar-refractivity contribution in [3.05, 3.63) is 16.1 Å². The highest BCUT2D eigenvalue weighted by Crippen LogP contribution is 2.13. The average Bonchev–Trinajstić information content (AvgIpc) is 2.64. The second-order valence-corrected chi connectivity index (χ2v) is 5.20. The minimum Gasteiger partial charge on any atom is -0.378 e. The van der Waals surface area contributed by atoms with E-state index in [9.17, 15) is 0 Å². The number of hydrogen-bond acceptors (Lipinski definition) is 4. The Morgan fingerprint density at radius 3 is 2.87 bits per heavy atom. The van der Waals surface area contributed by atoms with E-state index in [2.05, 4.69) is 36.5 Å². The topological polar surface area (TPSA) is 34.1 Å². The minimum absolute atomic E-state index is 0.186. The third-order valence-corrected chi connectivity index (χ3v) is 3.37. The van der Waals surface area contributed by atoms with Crippen LogP contribution in [0.5, 0.6) is 0 Å². The summed E-state index contributed by atoms with van der Waals surface area (Å²) in [5.41, 5.74) is 1.29. The fraction of sp³-hybridized carbons (Fsp3) is 0.727. The number of hydrogen-bond donors (Lipinski definition) is 1. The van der Waals surface area contributed by atoms with Crippen LogP contribution >= 0.6 is 11.3 Å². The molecular formula is C11H20N2OS. The monoisotopic (exact) mass is 228 g/mol. The summed E-state index contributed by atoms with van der Waals surface area (Å²) in [6.45, 7) is 8.04. The molecule has 0 amide bonds. The highest BCUT2D eigenvalue weighted by Gasteiger charge is 2.14. The average molecular weight is 228 g/mol. The van der Waals surface area contributed by atoms with Gasteiger partial charge in [0, 0.05) is 24.6 Å². The molecule has 0 aliphatic carbocycles. The van der Waals surface area contributed by atoms with Crippen LogP contribution < -0.4 is 5.32 Å². The molecule has 1 N–H and O–H groups in total. The first kappa shape index (κ1) is 12.6. The molecule has 0 radical (unpaired) electrons. The molecule has 1 aromatic heterocycles. The number of nitrogens with zero attached hydrogens (tertiary/aromatic N) is 1. The van der Waals surface area contributed by atoms with Crippen LogP contribution in [0.1, 0.15) is 37.9 Å². The molecule has 0 spiro atoms. The normalized spacial score (nSPS) is 12.0. The molecule has 4 heteroatoms. The van der Waals surface area contributed by atoms with Gasteiger partial charge in [0.2, 0.25) is 0 Å². The Balaban J connectivity index is 2.44. The van der Waals surface area contributed by atoms with E-state index in [0.717, 1.165) is 23.7 Å². The summed E-state index contributed by atoms with van der Waals surface area (Å²) in [5.74, 6) is 0. The lowest BCUT2D eigenvalue weighted by molar-refractivity contribution is 0.184. The third kappa shape index (κ3) is 4.28. The van der Waals surface area contributed by atoms with Gasteiger partial charge in [-0.05, 0) is 20.3 Å². The van der Waals surface area contributed by atoms with Crippen molar-refractivity contribution in [2.75, 3.05) is 7.11 Å². The molecular weight excluding hydrogens is 208 g/mol. The van der Waals surface area contributed by atoms with Gasteiger partial charge in [-0.15, -0.1) is 11.3 Å². The summed E-state index contributed by atoms with van der Waals surface area (Å²) in [6.07, 6.45) is 1.11. The smallest absolute Gasteiger partial charge is 0.119 e. The molecule has 0 aliphatic rings. The lowest BCUT2D eigenvalue weighted by atomic mass is 10.0. The van der Waals surface area contributed by atoms with Gasteiger partial charge in [-0.2, -0.15) is 0 Å². The van der Waals surface area contributed by atoms with Crippen LogP contribution in [0.15, 0.2) is 5.38 Å². The fourth-order valence-electron chi connectivity index (χ4n) is 1.07. The molecule has 0 saturated heterocycles. The van der Waals surface area contributed by atoms with Crippen molar-refractivity contribution >= 4 is 11.3 Å². The second kappa shape index (κ2) is 5.58. The maximum atomic E-state index is 5.04. The standard InChI is InChI=1S/C11H20N2OS/c1-5-11(2,3)12-6-9-8-15-10(13-9)7-14-4/h8,12H,5-7H2,1-4H3. The summed E-state index contributed by atoms with van der Waals surface area (Å²) < 4.78 is 5.04. The molecule has 0 atom stereocenters. The molecule has 1 heterocycles. The molecule has 0 unspecified atom stereocenters. The van der Waals surface area contributed by atoms with E-state index in [1.165, 1.54) is 0 Å². The second-order valence-electron chi connectivity index (χ2n) is 4.26. The van der Waals surface area contributed by atoms with E-state index < -0.39 is 0 Å². The predicted molar refractivity (Wildman–Crippen MR) is 64.0 cm³/mol. The molecule has 86 valence electrons. The first-order valence-electron chi connectivity index (χ1n) is 5.24. The zero-order valence-corrected chi connectivity index (χ0v) is 10.8. The maximum absolute atomic E-state index is 5.04. The third-order valence-electron chi connectivity index (χ3n) is 2.50. The lowest BCUT2D eigenvalue weighted by Gasteiger charge is -2.23. The number of ether oxygens (including phenoxy) is 1. The molecule has 0 saturated carbocycles. The Kier molecular flexibility index (Phi) is 4.70. The van der Waals surface area contributed by atoms with Gasteiger partial charge in [0.15, 0.2) is 0 Å². The first-order valence-corrected chi connectivity index (χ1v) is 6.12. The van der Waals surface area contributed by atoms with Crippen molar-refractivity contribution in [2.24, 2.45) is 0 Å². The zero-order chi connectivity index (χ0) is 11.3. The van der Waals surface area contributed by atoms with E-state index in [-0.39, 0.29) is 5.54 Å². The van der Waals surface area contributed by atoms with Gasteiger partial charge < -0.3 is 10.1 Å². The summed E-state index contributed by atoms with van der Waals surface area (Å²) in [5, 5.41) is 6.62. The maximum Gasteiger partial charge on any atom is 0.119 e. The lowest BCUT2D eigenvalue weighted by Crippen LogP contribution is -2.37. The zero-order valence-electron chi connectivity index (χ0n) is 9.96. The van der Waals surface area contributed by atoms with E-state index in [4.69, 9.17) is 4.74 Å². The van der Waals surface area contributed by atoms with Gasteiger partial charge in [-0.3, -0.25) is 0 Å². The predicted octanol–water partition coefficient (Wildman–Crippen LogP) is 2.57. The highest BCUT2D eigenvalue weighted by atomic mass is 32.1. The molecule has 1 aromatic rings. The van der Waals surface area contributed by atoms with Gasteiger partial charge in [0.05, 0.1) is 12.3 Å². The van der Waals surface area contributed by atoms with Gasteiger partial charge in [-0.25, -0.2) is 4.98 Å². The Bertz CT molecular complexity index is 297. The van der Waals surface area contributed by atoms with Crippen molar-refractivity contribution in [3.63, 3.8) is 0 Å². The largest absolute Gasteiger partial charge is 0.378 e. The number of methoxy groups -OCH3 is 1. The van der Waals surface area contributed by atoms with Crippen LogP contribution in [-0.4, -0.2) is 17.6 Å². The SMILES string of the molecule is CCC(C)(C)NCc1csc(COC)n1. The minimum atomic E-state index is 0.186. The number of thiazole rings is 1. The van der Waals surface area contributed by atoms with Gasteiger partial charge in [0.25, 0.3) is 0 Å². The Hall–Kier alpha value is -0.450. The number of nitrogens with one attached hydrogen (secondary N) is 1. The molecule has 15 heavy (non-hydrogen) atoms. The molecule has 0 fully saturated rings. The Labute approximate surface area is 95.9 Å². The Morgan fingerprint density at radius 1 is 1.53 bits per heavy atom. The van der Waals surface area contributed by atoms with Crippen molar-refractivity contribution in [1.29, 1.82) is 0 Å². The summed E-state index contributed by atoms with van der Waals surface area (Å²) in [6, 6.07) is 0. The van der Waals surface area contributed by atoms with Crippen LogP contribution in [-0.2, 0) is 17.9 Å². The summed E-state index contributed by atoms with van der Waals surface area (Å²) in [7, 11) is 1.69. The van der Waals surface area contributed by atoms with Crippen molar-refractivity contribution < 1.29 is 4.74 Å². The van der Waals surface area contributed by atoms with Crippen LogP contribution in [0.3, 0.4) is 0 Å². The van der Waals surface area contributed by atoms with Crippen LogP contribution in [0, 0.1) is 0 Å². The van der Waals surface area contributed by atoms with Gasteiger partial charge in [0.1, 0.15) is 5.01 Å².